The monoisotopic (exact) mass is 1900 g/mol. The number of benzene rings is 2. The second-order valence-corrected chi connectivity index (χ2v) is 29.9. The average molecular weight is 1900 g/mol. The van der Waals surface area contributed by atoms with E-state index < -0.39 is 36.0 Å². The van der Waals surface area contributed by atoms with E-state index in [2.05, 4.69) is 58.9 Å². The van der Waals surface area contributed by atoms with Crippen LogP contribution in [0.1, 0.15) is 263 Å². The lowest BCUT2D eigenvalue weighted by atomic mass is 10.1. The number of Topliss-reactive ketones (excluding diaryl/α,β-unsaturated/α-hetero) is 2. The van der Waals surface area contributed by atoms with Crippen LogP contribution in [0.25, 0.3) is 0 Å². The summed E-state index contributed by atoms with van der Waals surface area (Å²) in [4.78, 5) is 165. The first-order valence-corrected chi connectivity index (χ1v) is 46.0. The van der Waals surface area contributed by atoms with Gasteiger partial charge in [-0.1, -0.05) is 126 Å². The van der Waals surface area contributed by atoms with E-state index in [0.717, 1.165) is 141 Å². The Morgan fingerprint density at radius 2 is 0.526 bits per heavy atom. The summed E-state index contributed by atoms with van der Waals surface area (Å²) in [5.74, 6) is -5.31. The predicted octanol–water partition coefficient (Wildman–Crippen LogP) is 8.06. The molecule has 0 fully saturated rings. The topological polar surface area (TPSA) is 559 Å². The third kappa shape index (κ3) is 83.0. The Hall–Kier alpha value is -9.42. The molecule has 133 heavy (non-hydrogen) atoms. The van der Waals surface area contributed by atoms with Crippen LogP contribution in [0.3, 0.4) is 0 Å². The van der Waals surface area contributed by atoms with Crippen molar-refractivity contribution in [2.75, 3.05) is 179 Å². The predicted molar refractivity (Wildman–Crippen MR) is 509 cm³/mol. The second kappa shape index (κ2) is 94.4. The minimum absolute atomic E-state index is 0. The number of nitrogens with one attached hydrogen (secondary N) is 10. The van der Waals surface area contributed by atoms with E-state index in [0.29, 0.717) is 50.6 Å². The minimum Gasteiger partial charge on any atom is -0.494 e. The Morgan fingerprint density at radius 3 is 0.782 bits per heavy atom. The smallest absolute Gasteiger partial charge is 0.335 e. The van der Waals surface area contributed by atoms with E-state index in [-0.39, 0.29) is 275 Å². The number of nitrogens with two attached hydrogens (primary N) is 1. The zero-order chi connectivity index (χ0) is 96.7. The molecule has 0 bridgehead atoms. The first-order valence-electron chi connectivity index (χ1n) is 46.0. The summed E-state index contributed by atoms with van der Waals surface area (Å²) in [6.45, 7) is 12.4. The molecule has 4 atom stereocenters. The summed E-state index contributed by atoms with van der Waals surface area (Å²) in [5, 5.41) is 64.1. The number of likely N-dealkylation sites (N-methyl/N-ethyl adjacent to an activating group) is 2. The zero-order valence-corrected chi connectivity index (χ0v) is 78.3. The number of carboxylic acid groups (broad SMARTS) is 4. The number of carbonyl (C=O) groups is 14. The molecule has 0 radical (unpaired) electrons. The van der Waals surface area contributed by atoms with Gasteiger partial charge in [-0.15, -0.1) is 0 Å². The molecule has 0 unspecified atom stereocenters. The van der Waals surface area contributed by atoms with Crippen LogP contribution < -0.4 is 68.4 Å². The second-order valence-electron chi connectivity index (χ2n) is 29.9. The molecule has 2 aromatic carbocycles. The number of carbonyl (C=O) groups excluding carboxylic acids is 10. The van der Waals surface area contributed by atoms with Crippen LogP contribution in [0.5, 0.6) is 11.5 Å². The van der Waals surface area contributed by atoms with Crippen LogP contribution in [0.2, 0.25) is 0 Å². The van der Waals surface area contributed by atoms with E-state index in [4.69, 9.17) is 57.6 Å². The molecule has 2 aromatic rings. The maximum absolute atomic E-state index is 12.3. The lowest BCUT2D eigenvalue weighted by Crippen LogP contribution is -2.41. The highest BCUT2D eigenvalue weighted by Gasteiger charge is 2.23. The van der Waals surface area contributed by atoms with E-state index in [1.165, 1.54) is 31.3 Å². The Balaban J connectivity index is -0.000000775. The van der Waals surface area contributed by atoms with Gasteiger partial charge in [0.1, 0.15) is 61.6 Å². The van der Waals surface area contributed by atoms with Crippen LogP contribution in [0, 0.1) is 0 Å². The summed E-state index contributed by atoms with van der Waals surface area (Å²) in [5.41, 5.74) is 4.96. The van der Waals surface area contributed by atoms with Gasteiger partial charge in [-0.25, -0.2) is 19.2 Å². The molecular formula is C94H169N11O28. The molecular weight excluding hydrogens is 1730 g/mol. The number of ether oxygens (including phenoxy) is 10. The van der Waals surface area contributed by atoms with Crippen LogP contribution in [0.15, 0.2) is 48.5 Å². The van der Waals surface area contributed by atoms with Crippen molar-refractivity contribution in [1.82, 2.24) is 53.2 Å². The summed E-state index contributed by atoms with van der Waals surface area (Å²) in [6, 6.07) is 10.1. The minimum atomic E-state index is -1.20. The van der Waals surface area contributed by atoms with Crippen LogP contribution in [-0.4, -0.2) is 307 Å². The van der Waals surface area contributed by atoms with Crippen molar-refractivity contribution in [2.24, 2.45) is 5.73 Å². The normalized spacial score (nSPS) is 11.4. The lowest BCUT2D eigenvalue weighted by molar-refractivity contribution is -0.142. The Morgan fingerprint density at radius 1 is 0.278 bits per heavy atom. The largest absolute Gasteiger partial charge is 0.494 e. The molecule has 0 aliphatic heterocycles. The van der Waals surface area contributed by atoms with Gasteiger partial charge in [-0.05, 0) is 161 Å². The van der Waals surface area contributed by atoms with Crippen molar-refractivity contribution >= 4 is 82.7 Å². The molecule has 0 saturated carbocycles. The average Bonchev–Trinajstić information content (AvgIpc) is 0.919. The molecule has 0 aromatic heterocycles. The first-order chi connectivity index (χ1) is 62.8. The summed E-state index contributed by atoms with van der Waals surface area (Å²) in [6.07, 6.45) is 22.6. The van der Waals surface area contributed by atoms with Crippen molar-refractivity contribution in [1.29, 1.82) is 0 Å². The summed E-state index contributed by atoms with van der Waals surface area (Å²) in [7, 11) is 5.01. The number of carboxylic acids is 4. The number of unbranched alkanes of at least 4 members (excludes halogenated alkanes) is 18. The van der Waals surface area contributed by atoms with Gasteiger partial charge in [0.05, 0.1) is 116 Å². The Kier molecular flexibility index (Phi) is 93.7. The van der Waals surface area contributed by atoms with E-state index in [1.54, 1.807) is 52.2 Å². The number of ketones is 2. The molecule has 39 heteroatoms. The van der Waals surface area contributed by atoms with Crippen molar-refractivity contribution in [3.05, 3.63) is 59.7 Å². The molecule has 8 amide bonds. The van der Waals surface area contributed by atoms with Crippen molar-refractivity contribution in [3.8, 4) is 11.5 Å². The third-order valence-corrected chi connectivity index (χ3v) is 19.3. The molecule has 0 heterocycles. The molecule has 16 N–H and O–H groups in total. The van der Waals surface area contributed by atoms with E-state index >= 15 is 0 Å². The third-order valence-electron chi connectivity index (χ3n) is 19.3. The SMILES string of the molecule is C.C.C.CC.CN.CN[C@@H](CCCCNC(=O)COCCOCCNC(=O)COCCOCCNC(=O)CC[C@H](NC(=O)CCCCCCCCCCCOc1ccc(C(=O)O)cc1)C(=O)O)C(C)=O.CN[C@@H](CCCCNC(=O)COCCOCCNC(=O)COCCOCCNC(=O)CC[C@H](NC(=O)CCCCCCCCCCCOc1ccc(C(=O)O)cc1)C(=O)O)C(C)=O. The quantitative estimate of drug-likeness (QED) is 0.0278. The van der Waals surface area contributed by atoms with E-state index in [9.17, 15) is 77.3 Å². The van der Waals surface area contributed by atoms with Gasteiger partial charge in [0.15, 0.2) is 0 Å². The van der Waals surface area contributed by atoms with Gasteiger partial charge < -0.3 is 127 Å². The molecule has 0 aliphatic carbocycles. The maximum atomic E-state index is 12.3. The van der Waals surface area contributed by atoms with Gasteiger partial charge in [-0.2, -0.15) is 0 Å². The van der Waals surface area contributed by atoms with Crippen LogP contribution >= 0.6 is 0 Å². The van der Waals surface area contributed by atoms with Crippen LogP contribution in [0.4, 0.5) is 0 Å². The molecule has 0 spiro atoms. The number of aromatic carboxylic acids is 2. The number of hydrogen-bond donors (Lipinski definition) is 15. The molecule has 39 nitrogen and oxygen atoms in total. The fraction of sp³-hybridized carbons (Fsp3) is 0.723. The van der Waals surface area contributed by atoms with Gasteiger partial charge in [0.25, 0.3) is 0 Å². The van der Waals surface area contributed by atoms with Gasteiger partial charge in [-0.3, -0.25) is 47.9 Å². The number of rotatable bonds is 84. The maximum Gasteiger partial charge on any atom is 0.335 e. The van der Waals surface area contributed by atoms with Crippen molar-refractivity contribution in [3.63, 3.8) is 0 Å². The van der Waals surface area contributed by atoms with Crippen LogP contribution in [-0.2, 0) is 95.4 Å². The molecule has 0 saturated heterocycles. The highest BCUT2D eigenvalue weighted by atomic mass is 16.5. The lowest BCUT2D eigenvalue weighted by Gasteiger charge is -2.14. The Bertz CT molecular complexity index is 3120. The van der Waals surface area contributed by atoms with Crippen molar-refractivity contribution < 1.29 is 135 Å². The summed E-state index contributed by atoms with van der Waals surface area (Å²) < 4.78 is 54.0. The number of aliphatic carboxylic acids is 2. The molecule has 768 valence electrons. The van der Waals surface area contributed by atoms with Gasteiger partial charge in [0.2, 0.25) is 47.3 Å². The first kappa shape index (κ1) is 132. The fourth-order valence-electron chi connectivity index (χ4n) is 12.1. The zero-order valence-electron chi connectivity index (χ0n) is 78.3. The number of amides is 8. The van der Waals surface area contributed by atoms with Gasteiger partial charge >= 0.3 is 23.9 Å². The van der Waals surface area contributed by atoms with E-state index in [1.807, 2.05) is 13.8 Å². The standard InChI is InChI=1S/2C44H73N5O14.C2H6.CH5N.3CH4/c2*1-34(50)37(45-2)14-11-12-22-46-41(53)32-61-30-29-60-27-24-48-42(54)33-62-31-28-59-26-23-47-39(51)21-20-38(44(57)58)49-40(52)15-10-8-6-4-3-5-7-9-13-25-63-36-18-16-35(17-19-36)43(55)56;2*1-2;;;/h2*16-19,37-38,45H,3-15,20-33H2,1-2H3,(H,46,53)(H,47,51)(H,48,54)(H,49,52)(H,55,56)(H,57,58);1-2H3;2H2,1H3;3*1H4/t2*37-,38-;;;;;/m00...../s1. The molecule has 0 aliphatic rings. The fourth-order valence-corrected chi connectivity index (χ4v) is 12.1. The Labute approximate surface area is 790 Å². The highest BCUT2D eigenvalue weighted by molar-refractivity contribution is 5.89. The summed E-state index contributed by atoms with van der Waals surface area (Å²) >= 11 is 0. The number of hydrogen-bond acceptors (Lipinski definition) is 27. The highest BCUT2D eigenvalue weighted by Crippen LogP contribution is 2.18. The van der Waals surface area contributed by atoms with Crippen molar-refractivity contribution in [2.45, 2.75) is 267 Å². The van der Waals surface area contributed by atoms with Gasteiger partial charge in [0, 0.05) is 65.0 Å². The molecule has 2 rings (SSSR count).